The normalized spacial score (nSPS) is 25.4. The second-order valence-corrected chi connectivity index (χ2v) is 13.3. The van der Waals surface area contributed by atoms with Gasteiger partial charge in [-0.25, -0.2) is 18.4 Å². The first kappa shape index (κ1) is 28.0. The van der Waals surface area contributed by atoms with Crippen LogP contribution in [-0.2, 0) is 21.9 Å². The van der Waals surface area contributed by atoms with Gasteiger partial charge in [0.05, 0.1) is 29.7 Å². The number of nitrogens with two attached hydrogens (primary N) is 1. The van der Waals surface area contributed by atoms with E-state index in [2.05, 4.69) is 11.0 Å². The Bertz CT molecular complexity index is 1380. The number of allylic oxidation sites excluding steroid dienone is 1. The van der Waals surface area contributed by atoms with Gasteiger partial charge in [0, 0.05) is 23.5 Å². The number of aliphatic hydroxyl groups excluding tert-OH is 1. The molecule has 210 valence electrons. The van der Waals surface area contributed by atoms with Gasteiger partial charge >= 0.3 is 5.97 Å². The molecule has 1 fully saturated rings. The van der Waals surface area contributed by atoms with Crippen molar-refractivity contribution in [1.82, 2.24) is 0 Å². The smallest absolute Gasteiger partial charge is 0.335 e. The van der Waals surface area contributed by atoms with Gasteiger partial charge in [-0.3, -0.25) is 0 Å². The summed E-state index contributed by atoms with van der Waals surface area (Å²) in [4.78, 5) is 14.1. The van der Waals surface area contributed by atoms with Gasteiger partial charge in [-0.15, -0.1) is 0 Å². The van der Waals surface area contributed by atoms with Crippen molar-refractivity contribution < 1.29 is 28.2 Å². The predicted octanol–water partition coefficient (Wildman–Crippen LogP) is 4.13. The van der Waals surface area contributed by atoms with Crippen LogP contribution in [0.1, 0.15) is 53.6 Å². The average Bonchev–Trinajstić information content (AvgIpc) is 3.01. The number of halogens is 1. The highest BCUT2D eigenvalue weighted by molar-refractivity contribution is 7.89. The molecule has 8 nitrogen and oxygen atoms in total. The van der Waals surface area contributed by atoms with Crippen LogP contribution in [0.4, 0.5) is 5.69 Å². The van der Waals surface area contributed by atoms with E-state index in [1.807, 2.05) is 12.1 Å². The van der Waals surface area contributed by atoms with Gasteiger partial charge in [0.1, 0.15) is 5.75 Å². The van der Waals surface area contributed by atoms with Crippen molar-refractivity contribution in [3.05, 3.63) is 70.3 Å². The van der Waals surface area contributed by atoms with E-state index in [0.29, 0.717) is 25.4 Å². The molecule has 1 saturated carbocycles. The Morgan fingerprint density at radius 1 is 1.26 bits per heavy atom. The largest absolute Gasteiger partial charge is 0.490 e. The van der Waals surface area contributed by atoms with Gasteiger partial charge in [-0.1, -0.05) is 29.8 Å². The first-order valence-corrected chi connectivity index (χ1v) is 15.5. The van der Waals surface area contributed by atoms with Crippen LogP contribution >= 0.6 is 11.6 Å². The van der Waals surface area contributed by atoms with Crippen molar-refractivity contribution in [2.75, 3.05) is 30.3 Å². The highest BCUT2D eigenvalue weighted by Crippen LogP contribution is 2.46. The van der Waals surface area contributed by atoms with Crippen molar-refractivity contribution in [1.29, 1.82) is 0 Å². The maximum atomic E-state index is 11.8. The van der Waals surface area contributed by atoms with E-state index in [-0.39, 0.29) is 35.0 Å². The van der Waals surface area contributed by atoms with E-state index < -0.39 is 22.1 Å². The summed E-state index contributed by atoms with van der Waals surface area (Å²) >= 11 is 6.33. The molecular formula is C29H35ClN2O6S. The summed E-state index contributed by atoms with van der Waals surface area (Å²) in [5.41, 5.74) is 3.16. The Labute approximate surface area is 234 Å². The SMILES string of the molecule is NS(=O)(=O)CC/C=C/[C@H](O)[C@@H]1CC[C@H]1CN1C[C@@]2(CCCc3cc(Cl)ccc32)COc2ccc(C(=O)O)cc21. The molecule has 4 N–H and O–H groups in total. The Hall–Kier alpha value is -2.59. The Morgan fingerprint density at radius 2 is 2.08 bits per heavy atom. The van der Waals surface area contributed by atoms with Gasteiger partial charge < -0.3 is 19.8 Å². The first-order valence-electron chi connectivity index (χ1n) is 13.4. The van der Waals surface area contributed by atoms with Crippen LogP contribution in [-0.4, -0.2) is 56.2 Å². The fourth-order valence-electron chi connectivity index (χ4n) is 6.41. The van der Waals surface area contributed by atoms with Crippen molar-refractivity contribution in [3.63, 3.8) is 0 Å². The number of carbonyl (C=O) groups is 1. The van der Waals surface area contributed by atoms with Crippen LogP contribution < -0.4 is 14.8 Å². The molecule has 0 unspecified atom stereocenters. The molecule has 10 heteroatoms. The van der Waals surface area contributed by atoms with Gasteiger partial charge in [-0.05, 0) is 91.8 Å². The maximum Gasteiger partial charge on any atom is 0.335 e. The number of carboxylic acid groups (broad SMARTS) is 1. The topological polar surface area (TPSA) is 130 Å². The molecule has 0 radical (unpaired) electrons. The molecule has 2 aliphatic carbocycles. The van der Waals surface area contributed by atoms with Crippen LogP contribution in [0.15, 0.2) is 48.6 Å². The number of fused-ring (bicyclic) bond motifs is 3. The lowest BCUT2D eigenvalue weighted by Crippen LogP contribution is -2.49. The summed E-state index contributed by atoms with van der Waals surface area (Å²) in [6.07, 6.45) is 7.64. The van der Waals surface area contributed by atoms with Crippen molar-refractivity contribution in [3.8, 4) is 5.75 Å². The number of aromatic carboxylic acids is 1. The number of hydrogen-bond donors (Lipinski definition) is 3. The van der Waals surface area contributed by atoms with E-state index in [0.717, 1.165) is 42.8 Å². The Balaban J connectivity index is 1.42. The van der Waals surface area contributed by atoms with Crippen LogP contribution in [0, 0.1) is 11.8 Å². The molecule has 3 aliphatic rings. The highest BCUT2D eigenvalue weighted by Gasteiger charge is 2.44. The number of aliphatic hydroxyl groups is 1. The number of aryl methyl sites for hydroxylation is 1. The lowest BCUT2D eigenvalue weighted by molar-refractivity contribution is 0.0456. The third-order valence-electron chi connectivity index (χ3n) is 8.56. The number of nitrogens with zero attached hydrogens (tertiary/aromatic N) is 1. The predicted molar refractivity (Wildman–Crippen MR) is 151 cm³/mol. The van der Waals surface area contributed by atoms with Gasteiger partial charge in [-0.2, -0.15) is 0 Å². The quantitative estimate of drug-likeness (QED) is 0.404. The number of rotatable bonds is 8. The third kappa shape index (κ3) is 6.11. The Morgan fingerprint density at radius 3 is 2.79 bits per heavy atom. The van der Waals surface area contributed by atoms with Crippen molar-refractivity contribution in [2.24, 2.45) is 17.0 Å². The van der Waals surface area contributed by atoms with E-state index in [1.54, 1.807) is 30.4 Å². The van der Waals surface area contributed by atoms with E-state index in [4.69, 9.17) is 21.5 Å². The van der Waals surface area contributed by atoms with Crippen LogP contribution in [0.2, 0.25) is 5.02 Å². The zero-order valence-electron chi connectivity index (χ0n) is 21.8. The second-order valence-electron chi connectivity index (χ2n) is 11.2. The molecule has 0 amide bonds. The minimum Gasteiger partial charge on any atom is -0.490 e. The summed E-state index contributed by atoms with van der Waals surface area (Å²) in [5, 5.41) is 26.3. The molecule has 1 spiro atoms. The zero-order valence-corrected chi connectivity index (χ0v) is 23.3. The fraction of sp³-hybridized carbons (Fsp3) is 0.483. The number of ether oxygens (including phenoxy) is 1. The highest BCUT2D eigenvalue weighted by atomic mass is 35.5. The van der Waals surface area contributed by atoms with E-state index in [1.165, 1.54) is 11.1 Å². The second kappa shape index (κ2) is 11.1. The van der Waals surface area contributed by atoms with Crippen LogP contribution in [0.3, 0.4) is 0 Å². The first-order chi connectivity index (χ1) is 18.5. The average molecular weight is 575 g/mol. The molecule has 2 aromatic carbocycles. The monoisotopic (exact) mass is 574 g/mol. The molecule has 1 aliphatic heterocycles. The summed E-state index contributed by atoms with van der Waals surface area (Å²) in [6.45, 7) is 1.80. The molecule has 0 aromatic heterocycles. The molecule has 1 heterocycles. The molecule has 5 rings (SSSR count). The van der Waals surface area contributed by atoms with Crippen LogP contribution in [0.25, 0.3) is 0 Å². The standard InChI is InChI=1S/C29H35ClN2O6S/c30-22-8-10-24-19(14-22)4-3-12-29(24)17-32(25-15-20(28(34)35)7-11-27(25)38-18-29)16-21-6-9-23(21)26(33)5-1-2-13-39(31,36)37/h1,5,7-8,10-11,14-15,21,23,26,33H,2-4,6,9,12-13,16-18H2,(H,34,35)(H2,31,36,37)/b5-1+/t21-,23+,26-,29-/m0/s1. The summed E-state index contributed by atoms with van der Waals surface area (Å²) in [5.74, 6) is -0.268. The summed E-state index contributed by atoms with van der Waals surface area (Å²) in [7, 11) is -3.54. The fourth-order valence-corrected chi connectivity index (χ4v) is 7.07. The van der Waals surface area contributed by atoms with Gasteiger partial charge in [0.15, 0.2) is 0 Å². The summed E-state index contributed by atoms with van der Waals surface area (Å²) in [6, 6.07) is 11.1. The number of anilines is 1. The van der Waals surface area contributed by atoms with E-state index >= 15 is 0 Å². The minimum absolute atomic E-state index is 0.0272. The molecule has 39 heavy (non-hydrogen) atoms. The molecular weight excluding hydrogens is 540 g/mol. The lowest BCUT2D eigenvalue weighted by Gasteiger charge is -2.45. The molecule has 4 atom stereocenters. The molecule has 0 bridgehead atoms. The number of hydrogen-bond acceptors (Lipinski definition) is 6. The van der Waals surface area contributed by atoms with Crippen molar-refractivity contribution in [2.45, 2.75) is 50.0 Å². The third-order valence-corrected chi connectivity index (χ3v) is 9.60. The molecule has 2 aromatic rings. The van der Waals surface area contributed by atoms with Crippen LogP contribution in [0.5, 0.6) is 5.75 Å². The number of primary sulfonamides is 1. The number of sulfonamides is 1. The number of carboxylic acids is 1. The van der Waals surface area contributed by atoms with Crippen molar-refractivity contribution >= 4 is 33.3 Å². The molecule has 0 saturated heterocycles. The minimum atomic E-state index is -3.54. The van der Waals surface area contributed by atoms with E-state index in [9.17, 15) is 23.4 Å². The Kier molecular flexibility index (Phi) is 7.97. The van der Waals surface area contributed by atoms with Gasteiger partial charge in [0.25, 0.3) is 0 Å². The maximum absolute atomic E-state index is 11.8. The van der Waals surface area contributed by atoms with Gasteiger partial charge in [0.2, 0.25) is 10.0 Å². The lowest BCUT2D eigenvalue weighted by atomic mass is 9.68. The summed E-state index contributed by atoms with van der Waals surface area (Å²) < 4.78 is 28.8. The number of benzene rings is 2. The zero-order chi connectivity index (χ0) is 27.8.